The predicted octanol–water partition coefficient (Wildman–Crippen LogP) is 4.27. The highest BCUT2D eigenvalue weighted by atomic mass is 16.5. The summed E-state index contributed by atoms with van der Waals surface area (Å²) in [7, 11) is 0. The summed E-state index contributed by atoms with van der Waals surface area (Å²) in [5, 5.41) is 4.15. The molecular weight excluding hydrogens is 428 g/mol. The van der Waals surface area contributed by atoms with Gasteiger partial charge in [0.25, 0.3) is 0 Å². The molecule has 0 N–H and O–H groups in total. The van der Waals surface area contributed by atoms with Crippen LogP contribution in [0.25, 0.3) is 11.0 Å². The zero-order chi connectivity index (χ0) is 23.2. The Bertz CT molecular complexity index is 1280. The number of aromatic nitrogens is 5. The molecule has 0 bridgehead atoms. The van der Waals surface area contributed by atoms with E-state index in [9.17, 15) is 0 Å². The van der Waals surface area contributed by atoms with E-state index in [0.717, 1.165) is 55.3 Å². The molecule has 4 aromatic rings. The minimum absolute atomic E-state index is 0.00766. The molecule has 1 saturated heterocycles. The van der Waals surface area contributed by atoms with Gasteiger partial charge in [0.15, 0.2) is 0 Å². The van der Waals surface area contributed by atoms with E-state index in [2.05, 4.69) is 49.7 Å². The van der Waals surface area contributed by atoms with E-state index in [0.29, 0.717) is 17.7 Å². The molecule has 8 heteroatoms. The average molecular weight is 459 g/mol. The molecule has 2 aliphatic rings. The summed E-state index contributed by atoms with van der Waals surface area (Å²) in [6, 6.07) is 8.58. The summed E-state index contributed by atoms with van der Waals surface area (Å²) in [4.78, 5) is 16.0. The lowest BCUT2D eigenvalue weighted by atomic mass is 9.77. The van der Waals surface area contributed by atoms with Gasteiger partial charge in [0.1, 0.15) is 17.7 Å². The fourth-order valence-electron chi connectivity index (χ4n) is 6.05. The third kappa shape index (κ3) is 3.76. The second-order valence-corrected chi connectivity index (χ2v) is 9.77. The molecule has 6 rings (SSSR count). The highest BCUT2D eigenvalue weighted by Gasteiger charge is 2.45. The molecule has 0 spiro atoms. The first kappa shape index (κ1) is 21.3. The molecule has 1 aliphatic heterocycles. The van der Waals surface area contributed by atoms with Crippen LogP contribution in [-0.2, 0) is 6.54 Å². The summed E-state index contributed by atoms with van der Waals surface area (Å²) >= 11 is 0. The van der Waals surface area contributed by atoms with Crippen molar-refractivity contribution in [3.05, 3.63) is 65.7 Å². The van der Waals surface area contributed by atoms with Crippen molar-refractivity contribution < 1.29 is 9.26 Å². The summed E-state index contributed by atoms with van der Waals surface area (Å²) in [5.41, 5.74) is 4.42. The maximum absolute atomic E-state index is 6.52. The van der Waals surface area contributed by atoms with Crippen LogP contribution < -0.4 is 4.74 Å². The lowest BCUT2D eigenvalue weighted by Gasteiger charge is -2.39. The molecule has 1 aromatic carbocycles. The van der Waals surface area contributed by atoms with Crippen LogP contribution in [-0.4, -0.2) is 48.8 Å². The van der Waals surface area contributed by atoms with Crippen molar-refractivity contribution in [3.63, 3.8) is 0 Å². The van der Waals surface area contributed by atoms with Crippen LogP contribution >= 0.6 is 0 Å². The molecule has 3 aromatic heterocycles. The Morgan fingerprint density at radius 2 is 1.88 bits per heavy atom. The number of aryl methyl sites for hydroxylation is 3. The topological polar surface area (TPSA) is 82.1 Å². The van der Waals surface area contributed by atoms with Gasteiger partial charge < -0.3 is 13.8 Å². The SMILES string of the molecule is Cc1noc(C)c1CN1C[C@H]2C[C@H](Oc3cnccn3)[C@@H](n3c(C)nc4ccccc43)C[C@H]2C1. The quantitative estimate of drug-likeness (QED) is 0.442. The van der Waals surface area contributed by atoms with Crippen LogP contribution in [0.2, 0.25) is 0 Å². The molecule has 1 saturated carbocycles. The summed E-state index contributed by atoms with van der Waals surface area (Å²) in [5.74, 6) is 3.72. The molecule has 8 nitrogen and oxygen atoms in total. The Kier molecular flexibility index (Phi) is 5.32. The third-order valence-corrected chi connectivity index (χ3v) is 7.64. The van der Waals surface area contributed by atoms with Crippen LogP contribution in [0.4, 0.5) is 0 Å². The van der Waals surface area contributed by atoms with Gasteiger partial charge in [-0.1, -0.05) is 17.3 Å². The van der Waals surface area contributed by atoms with Gasteiger partial charge in [0.2, 0.25) is 5.88 Å². The van der Waals surface area contributed by atoms with Crippen LogP contribution in [0.15, 0.2) is 47.4 Å². The van der Waals surface area contributed by atoms with E-state index in [4.69, 9.17) is 14.2 Å². The number of likely N-dealkylation sites (tertiary alicyclic amines) is 1. The van der Waals surface area contributed by atoms with Crippen molar-refractivity contribution in [2.24, 2.45) is 11.8 Å². The molecule has 4 atom stereocenters. The Labute approximate surface area is 199 Å². The molecule has 2 fully saturated rings. The van der Waals surface area contributed by atoms with Crippen molar-refractivity contribution in [1.82, 2.24) is 29.6 Å². The first-order valence-electron chi connectivity index (χ1n) is 12.1. The summed E-state index contributed by atoms with van der Waals surface area (Å²) in [6.45, 7) is 9.17. The van der Waals surface area contributed by atoms with Crippen molar-refractivity contribution in [2.75, 3.05) is 13.1 Å². The Hall–Kier alpha value is -3.26. The lowest BCUT2D eigenvalue weighted by Crippen LogP contribution is -2.40. The standard InChI is InChI=1S/C26H30N6O2/c1-16-21(17(2)34-30-16)15-31-13-19-10-24(32-18(3)29-22-6-4-5-7-23(22)32)25(11-20(19)14-31)33-26-12-27-8-9-28-26/h4-9,12,19-20,24-25H,10-11,13-15H2,1-3H3/t19-,20+,24-,25-/m0/s1. The van der Waals surface area contributed by atoms with E-state index >= 15 is 0 Å². The number of hydrogen-bond acceptors (Lipinski definition) is 7. The van der Waals surface area contributed by atoms with Gasteiger partial charge in [-0.25, -0.2) is 9.97 Å². The highest BCUT2D eigenvalue weighted by molar-refractivity contribution is 5.76. The number of imidazole rings is 1. The van der Waals surface area contributed by atoms with E-state index < -0.39 is 0 Å². The minimum Gasteiger partial charge on any atom is -0.471 e. The molecule has 4 heterocycles. The Morgan fingerprint density at radius 3 is 2.65 bits per heavy atom. The monoisotopic (exact) mass is 458 g/mol. The van der Waals surface area contributed by atoms with Crippen molar-refractivity contribution in [1.29, 1.82) is 0 Å². The first-order chi connectivity index (χ1) is 16.6. The lowest BCUT2D eigenvalue weighted by molar-refractivity contribution is 0.0519. The van der Waals surface area contributed by atoms with Crippen LogP contribution in [0.5, 0.6) is 5.88 Å². The van der Waals surface area contributed by atoms with Gasteiger partial charge in [0.05, 0.1) is 29.0 Å². The number of nitrogens with zero attached hydrogens (tertiary/aromatic N) is 6. The number of fused-ring (bicyclic) bond motifs is 2. The smallest absolute Gasteiger partial charge is 0.232 e. The van der Waals surface area contributed by atoms with E-state index in [1.807, 2.05) is 19.9 Å². The molecule has 0 unspecified atom stereocenters. The Morgan fingerprint density at radius 1 is 1.06 bits per heavy atom. The molecule has 1 aliphatic carbocycles. The number of hydrogen-bond donors (Lipinski definition) is 0. The average Bonchev–Trinajstić information content (AvgIpc) is 3.49. The number of benzene rings is 1. The molecule has 34 heavy (non-hydrogen) atoms. The van der Waals surface area contributed by atoms with Gasteiger partial charge in [-0.3, -0.25) is 9.88 Å². The van der Waals surface area contributed by atoms with E-state index in [1.54, 1.807) is 18.6 Å². The molecule has 176 valence electrons. The largest absolute Gasteiger partial charge is 0.471 e. The van der Waals surface area contributed by atoms with Gasteiger partial charge in [-0.2, -0.15) is 0 Å². The summed E-state index contributed by atoms with van der Waals surface area (Å²) < 4.78 is 14.3. The predicted molar refractivity (Wildman–Crippen MR) is 127 cm³/mol. The van der Waals surface area contributed by atoms with Crippen molar-refractivity contribution in [2.45, 2.75) is 52.3 Å². The van der Waals surface area contributed by atoms with Gasteiger partial charge in [-0.15, -0.1) is 0 Å². The van der Waals surface area contributed by atoms with Crippen LogP contribution in [0.1, 0.15) is 41.7 Å². The zero-order valence-corrected chi connectivity index (χ0v) is 19.9. The maximum atomic E-state index is 6.52. The second-order valence-electron chi connectivity index (χ2n) is 9.77. The normalized spacial score (nSPS) is 25.0. The Balaban J connectivity index is 1.31. The fourth-order valence-corrected chi connectivity index (χ4v) is 6.05. The van der Waals surface area contributed by atoms with Gasteiger partial charge in [0, 0.05) is 37.6 Å². The molecule has 0 amide bonds. The number of para-hydroxylation sites is 2. The number of rotatable bonds is 5. The van der Waals surface area contributed by atoms with Crippen LogP contribution in [0.3, 0.4) is 0 Å². The zero-order valence-electron chi connectivity index (χ0n) is 19.9. The second kappa shape index (κ2) is 8.51. The summed E-state index contributed by atoms with van der Waals surface area (Å²) in [6.07, 6.45) is 7.12. The third-order valence-electron chi connectivity index (χ3n) is 7.64. The van der Waals surface area contributed by atoms with Crippen molar-refractivity contribution >= 4 is 11.0 Å². The first-order valence-corrected chi connectivity index (χ1v) is 12.1. The number of ether oxygens (including phenoxy) is 1. The van der Waals surface area contributed by atoms with Crippen molar-refractivity contribution in [3.8, 4) is 5.88 Å². The maximum Gasteiger partial charge on any atom is 0.232 e. The molecular formula is C26H30N6O2. The molecule has 0 radical (unpaired) electrons. The fraction of sp³-hybridized carbons (Fsp3) is 0.462. The van der Waals surface area contributed by atoms with Gasteiger partial charge in [-0.05, 0) is 57.6 Å². The van der Waals surface area contributed by atoms with Crippen LogP contribution in [0, 0.1) is 32.6 Å². The van der Waals surface area contributed by atoms with E-state index in [-0.39, 0.29) is 12.1 Å². The highest BCUT2D eigenvalue weighted by Crippen LogP contribution is 2.44. The van der Waals surface area contributed by atoms with E-state index in [1.165, 1.54) is 11.1 Å². The minimum atomic E-state index is 0.00766. The van der Waals surface area contributed by atoms with Gasteiger partial charge >= 0.3 is 0 Å².